The minimum atomic E-state index is -0.446. The van der Waals surface area contributed by atoms with E-state index in [4.69, 9.17) is 4.74 Å². The molecule has 3 heteroatoms. The summed E-state index contributed by atoms with van der Waals surface area (Å²) in [5.74, 6) is -0.128. The summed E-state index contributed by atoms with van der Waals surface area (Å²) in [4.78, 5) is 11.1. The first kappa shape index (κ1) is 11.1. The highest BCUT2D eigenvalue weighted by molar-refractivity contribution is 5.66. The molecule has 0 heterocycles. The molecule has 1 N–H and O–H groups in total. The van der Waals surface area contributed by atoms with Gasteiger partial charge in [0.2, 0.25) is 0 Å². The standard InChI is InChI=1S/C13H16O3/c1-8-7-12(15)10-5-3-4-6-11(10)13(8)16-9(2)14/h3-6,8,12-13,15H,7H2,1-2H3. The van der Waals surface area contributed by atoms with Gasteiger partial charge in [-0.05, 0) is 17.5 Å². The number of hydrogen-bond donors (Lipinski definition) is 1. The Labute approximate surface area is 95.0 Å². The summed E-state index contributed by atoms with van der Waals surface area (Å²) in [6.07, 6.45) is -0.0373. The Morgan fingerprint density at radius 2 is 2.00 bits per heavy atom. The summed E-state index contributed by atoms with van der Waals surface area (Å²) in [5, 5.41) is 9.94. The van der Waals surface area contributed by atoms with Crippen molar-refractivity contribution in [2.75, 3.05) is 0 Å². The molecule has 3 unspecified atom stereocenters. The van der Waals surface area contributed by atoms with E-state index in [1.807, 2.05) is 31.2 Å². The van der Waals surface area contributed by atoms with E-state index < -0.39 is 6.10 Å². The summed E-state index contributed by atoms with van der Waals surface area (Å²) in [7, 11) is 0. The van der Waals surface area contributed by atoms with Gasteiger partial charge in [-0.25, -0.2) is 0 Å². The first-order valence-corrected chi connectivity index (χ1v) is 5.53. The van der Waals surface area contributed by atoms with E-state index in [9.17, 15) is 9.90 Å². The smallest absolute Gasteiger partial charge is 0.303 e. The van der Waals surface area contributed by atoms with Crippen LogP contribution in [0.25, 0.3) is 0 Å². The highest BCUT2D eigenvalue weighted by Crippen LogP contribution is 2.41. The van der Waals surface area contributed by atoms with Gasteiger partial charge in [-0.1, -0.05) is 31.2 Å². The average Bonchev–Trinajstić information content (AvgIpc) is 2.24. The van der Waals surface area contributed by atoms with Gasteiger partial charge in [0.15, 0.2) is 0 Å². The molecule has 2 rings (SSSR count). The molecule has 0 saturated carbocycles. The van der Waals surface area contributed by atoms with Crippen molar-refractivity contribution in [2.24, 2.45) is 5.92 Å². The first-order chi connectivity index (χ1) is 7.59. The molecule has 0 saturated heterocycles. The predicted molar refractivity (Wildman–Crippen MR) is 59.7 cm³/mol. The Bertz CT molecular complexity index is 400. The van der Waals surface area contributed by atoms with Crippen LogP contribution >= 0.6 is 0 Å². The highest BCUT2D eigenvalue weighted by atomic mass is 16.5. The first-order valence-electron chi connectivity index (χ1n) is 5.53. The molecule has 0 bridgehead atoms. The van der Waals surface area contributed by atoms with Gasteiger partial charge in [-0.3, -0.25) is 4.79 Å². The van der Waals surface area contributed by atoms with E-state index in [0.717, 1.165) is 11.1 Å². The monoisotopic (exact) mass is 220 g/mol. The number of aliphatic hydroxyl groups excluding tert-OH is 1. The van der Waals surface area contributed by atoms with Gasteiger partial charge in [0.1, 0.15) is 6.10 Å². The second-order valence-corrected chi connectivity index (χ2v) is 4.39. The normalized spacial score (nSPS) is 28.3. The lowest BCUT2D eigenvalue weighted by atomic mass is 9.80. The van der Waals surface area contributed by atoms with E-state index in [0.29, 0.717) is 6.42 Å². The molecular weight excluding hydrogens is 204 g/mol. The van der Waals surface area contributed by atoms with Crippen LogP contribution in [0.15, 0.2) is 24.3 Å². The topological polar surface area (TPSA) is 46.5 Å². The van der Waals surface area contributed by atoms with Crippen LogP contribution in [0.5, 0.6) is 0 Å². The molecule has 0 radical (unpaired) electrons. The van der Waals surface area contributed by atoms with Crippen LogP contribution in [0.2, 0.25) is 0 Å². The van der Waals surface area contributed by atoms with Gasteiger partial charge in [0, 0.05) is 12.8 Å². The van der Waals surface area contributed by atoms with Crippen molar-refractivity contribution in [2.45, 2.75) is 32.5 Å². The van der Waals surface area contributed by atoms with Crippen molar-refractivity contribution in [1.82, 2.24) is 0 Å². The lowest BCUT2D eigenvalue weighted by Crippen LogP contribution is -2.25. The van der Waals surface area contributed by atoms with Crippen LogP contribution in [0.4, 0.5) is 0 Å². The Balaban J connectivity index is 2.38. The fourth-order valence-corrected chi connectivity index (χ4v) is 2.34. The van der Waals surface area contributed by atoms with Gasteiger partial charge >= 0.3 is 5.97 Å². The van der Waals surface area contributed by atoms with Crippen molar-refractivity contribution >= 4 is 5.97 Å². The summed E-state index contributed by atoms with van der Waals surface area (Å²) in [6, 6.07) is 7.60. The Morgan fingerprint density at radius 1 is 1.38 bits per heavy atom. The van der Waals surface area contributed by atoms with Crippen LogP contribution in [0, 0.1) is 5.92 Å². The molecule has 0 spiro atoms. The average molecular weight is 220 g/mol. The number of fused-ring (bicyclic) bond motifs is 1. The van der Waals surface area contributed by atoms with E-state index in [1.165, 1.54) is 6.92 Å². The number of carbonyl (C=O) groups is 1. The molecule has 0 aromatic heterocycles. The van der Waals surface area contributed by atoms with E-state index >= 15 is 0 Å². The van der Waals surface area contributed by atoms with Crippen LogP contribution in [0.1, 0.15) is 43.6 Å². The number of ether oxygens (including phenoxy) is 1. The van der Waals surface area contributed by atoms with Crippen molar-refractivity contribution in [3.8, 4) is 0 Å². The molecule has 0 fully saturated rings. The summed E-state index contributed by atoms with van der Waals surface area (Å²) in [6.45, 7) is 3.41. The number of carbonyl (C=O) groups excluding carboxylic acids is 1. The Morgan fingerprint density at radius 3 is 2.62 bits per heavy atom. The predicted octanol–water partition coefficient (Wildman–Crippen LogP) is 2.36. The zero-order valence-electron chi connectivity index (χ0n) is 9.51. The summed E-state index contributed by atoms with van der Waals surface area (Å²) in [5.41, 5.74) is 1.82. The maximum Gasteiger partial charge on any atom is 0.303 e. The van der Waals surface area contributed by atoms with Gasteiger partial charge in [0.25, 0.3) is 0 Å². The Kier molecular flexibility index (Phi) is 2.97. The molecule has 86 valence electrons. The zero-order valence-corrected chi connectivity index (χ0v) is 9.51. The molecule has 0 aliphatic heterocycles. The van der Waals surface area contributed by atoms with Crippen molar-refractivity contribution in [3.63, 3.8) is 0 Å². The van der Waals surface area contributed by atoms with Gasteiger partial charge < -0.3 is 9.84 Å². The molecule has 1 aliphatic rings. The molecule has 0 amide bonds. The lowest BCUT2D eigenvalue weighted by Gasteiger charge is -2.33. The SMILES string of the molecule is CC(=O)OC1c2ccccc2C(O)CC1C. The third-order valence-corrected chi connectivity index (χ3v) is 3.07. The number of benzene rings is 1. The fraction of sp³-hybridized carbons (Fsp3) is 0.462. The number of rotatable bonds is 1. The van der Waals surface area contributed by atoms with Crippen LogP contribution < -0.4 is 0 Å². The van der Waals surface area contributed by atoms with E-state index in [-0.39, 0.29) is 18.0 Å². The van der Waals surface area contributed by atoms with Crippen molar-refractivity contribution in [3.05, 3.63) is 35.4 Å². The van der Waals surface area contributed by atoms with E-state index in [1.54, 1.807) is 0 Å². The number of hydrogen-bond acceptors (Lipinski definition) is 3. The van der Waals surface area contributed by atoms with Crippen LogP contribution in [0.3, 0.4) is 0 Å². The molecule has 16 heavy (non-hydrogen) atoms. The van der Waals surface area contributed by atoms with Gasteiger partial charge in [-0.15, -0.1) is 0 Å². The summed E-state index contributed by atoms with van der Waals surface area (Å²) >= 11 is 0. The minimum absolute atomic E-state index is 0.147. The lowest BCUT2D eigenvalue weighted by molar-refractivity contribution is -0.150. The third kappa shape index (κ3) is 1.95. The molecule has 3 nitrogen and oxygen atoms in total. The minimum Gasteiger partial charge on any atom is -0.457 e. The van der Waals surface area contributed by atoms with E-state index in [2.05, 4.69) is 0 Å². The van der Waals surface area contributed by atoms with Gasteiger partial charge in [0.05, 0.1) is 6.10 Å². The van der Waals surface area contributed by atoms with Crippen molar-refractivity contribution in [1.29, 1.82) is 0 Å². The zero-order chi connectivity index (χ0) is 11.7. The maximum absolute atomic E-state index is 11.1. The number of aliphatic hydroxyl groups is 1. The van der Waals surface area contributed by atoms with Gasteiger partial charge in [-0.2, -0.15) is 0 Å². The number of esters is 1. The van der Waals surface area contributed by atoms with Crippen molar-refractivity contribution < 1.29 is 14.6 Å². The molecule has 3 atom stereocenters. The summed E-state index contributed by atoms with van der Waals surface area (Å²) < 4.78 is 5.33. The second kappa shape index (κ2) is 4.26. The quantitative estimate of drug-likeness (QED) is 0.739. The largest absolute Gasteiger partial charge is 0.457 e. The fourth-order valence-electron chi connectivity index (χ4n) is 2.34. The molecule has 1 aromatic carbocycles. The highest BCUT2D eigenvalue weighted by Gasteiger charge is 2.33. The third-order valence-electron chi connectivity index (χ3n) is 3.07. The van der Waals surface area contributed by atoms with Crippen LogP contribution in [-0.2, 0) is 9.53 Å². The second-order valence-electron chi connectivity index (χ2n) is 4.39. The molecule has 1 aromatic rings. The maximum atomic E-state index is 11.1. The Hall–Kier alpha value is -1.35. The molecular formula is C13H16O3. The molecule has 1 aliphatic carbocycles. The van der Waals surface area contributed by atoms with Crippen LogP contribution in [-0.4, -0.2) is 11.1 Å².